The number of aromatic nitrogens is 3. The maximum Gasteiger partial charge on any atom is 0.321 e. The van der Waals surface area contributed by atoms with Gasteiger partial charge in [0.05, 0.1) is 0 Å². The second-order valence-corrected chi connectivity index (χ2v) is 6.83. The molecule has 1 aliphatic heterocycles. The van der Waals surface area contributed by atoms with Gasteiger partial charge in [0, 0.05) is 44.5 Å². The van der Waals surface area contributed by atoms with Gasteiger partial charge in [-0.1, -0.05) is 0 Å². The minimum atomic E-state index is -0.722. The van der Waals surface area contributed by atoms with Crippen LogP contribution in [0.25, 0.3) is 11.2 Å². The molecule has 6 nitrogen and oxygen atoms in total. The number of anilines is 1. The third-order valence-electron chi connectivity index (χ3n) is 4.88. The Morgan fingerprint density at radius 1 is 1.30 bits per heavy atom. The number of nitrogens with one attached hydrogen (secondary N) is 1. The molecule has 140 valence electrons. The van der Waals surface area contributed by atoms with Gasteiger partial charge in [-0.3, -0.25) is 0 Å². The van der Waals surface area contributed by atoms with E-state index >= 15 is 0 Å². The van der Waals surface area contributed by atoms with E-state index in [1.165, 1.54) is 0 Å². The van der Waals surface area contributed by atoms with Crippen LogP contribution in [0.3, 0.4) is 0 Å². The number of pyridine rings is 1. The van der Waals surface area contributed by atoms with Crippen LogP contribution in [0.1, 0.15) is 12.2 Å². The fourth-order valence-corrected chi connectivity index (χ4v) is 3.52. The Morgan fingerprint density at radius 3 is 2.81 bits per heavy atom. The molecule has 8 heteroatoms. The zero-order valence-corrected chi connectivity index (χ0v) is 14.8. The van der Waals surface area contributed by atoms with Crippen LogP contribution in [0.15, 0.2) is 36.5 Å². The van der Waals surface area contributed by atoms with E-state index in [0.717, 1.165) is 48.0 Å². The normalized spacial score (nSPS) is 16.9. The Balaban J connectivity index is 1.40. The predicted molar refractivity (Wildman–Crippen MR) is 97.3 cm³/mol. The highest BCUT2D eigenvalue weighted by molar-refractivity contribution is 5.89. The molecule has 1 fully saturated rings. The van der Waals surface area contributed by atoms with Crippen molar-refractivity contribution in [3.05, 3.63) is 54.0 Å². The lowest BCUT2D eigenvalue weighted by Crippen LogP contribution is -2.33. The number of halogens is 2. The summed E-state index contributed by atoms with van der Waals surface area (Å²) in [5.41, 5.74) is 1.81. The van der Waals surface area contributed by atoms with Crippen molar-refractivity contribution in [1.82, 2.24) is 19.4 Å². The lowest BCUT2D eigenvalue weighted by molar-refractivity contribution is 0.220. The first-order valence-corrected chi connectivity index (χ1v) is 8.78. The molecular weight excluding hydrogens is 352 g/mol. The van der Waals surface area contributed by atoms with Crippen LogP contribution < -0.4 is 5.32 Å². The van der Waals surface area contributed by atoms with E-state index in [2.05, 4.69) is 15.3 Å². The molecule has 1 atom stereocenters. The van der Waals surface area contributed by atoms with Gasteiger partial charge in [0.1, 0.15) is 23.0 Å². The van der Waals surface area contributed by atoms with Crippen molar-refractivity contribution in [3.8, 4) is 0 Å². The SMILES string of the molecule is Cn1c(C[C@@H]2CCN(C(=O)Nc3cc(F)cc(F)c3)C2)nc2cccnc21. The number of amides is 2. The van der Waals surface area contributed by atoms with E-state index in [1.54, 1.807) is 11.1 Å². The monoisotopic (exact) mass is 371 g/mol. The molecule has 2 aromatic heterocycles. The first-order chi connectivity index (χ1) is 13.0. The van der Waals surface area contributed by atoms with Crippen molar-refractivity contribution in [2.75, 3.05) is 18.4 Å². The number of rotatable bonds is 3. The number of urea groups is 1. The summed E-state index contributed by atoms with van der Waals surface area (Å²) in [6.07, 6.45) is 3.33. The number of fused-ring (bicyclic) bond motifs is 1. The maximum absolute atomic E-state index is 13.3. The molecule has 0 unspecified atom stereocenters. The first kappa shape index (κ1) is 17.4. The van der Waals surface area contributed by atoms with Crippen LogP contribution in [0.4, 0.5) is 19.3 Å². The number of imidazole rings is 1. The van der Waals surface area contributed by atoms with Crippen LogP contribution in [-0.2, 0) is 13.5 Å². The highest BCUT2D eigenvalue weighted by Gasteiger charge is 2.28. The molecule has 4 rings (SSSR count). The van der Waals surface area contributed by atoms with Gasteiger partial charge in [0.2, 0.25) is 0 Å². The summed E-state index contributed by atoms with van der Waals surface area (Å²) in [5.74, 6) is -0.237. The lowest BCUT2D eigenvalue weighted by Gasteiger charge is -2.17. The van der Waals surface area contributed by atoms with E-state index in [-0.39, 0.29) is 17.6 Å². The molecule has 1 aliphatic rings. The number of hydrogen-bond donors (Lipinski definition) is 1. The standard InChI is InChI=1S/C19H19F2N5O/c1-25-17(24-16-3-2-5-22-18(16)25)7-12-4-6-26(11-12)19(27)23-15-9-13(20)8-14(21)10-15/h2-3,5,8-10,12H,4,6-7,11H2,1H3,(H,23,27)/t12-/m0/s1. The molecule has 0 bridgehead atoms. The maximum atomic E-state index is 13.3. The van der Waals surface area contributed by atoms with Crippen molar-refractivity contribution >= 4 is 22.9 Å². The smallest absolute Gasteiger partial charge is 0.321 e. The summed E-state index contributed by atoms with van der Waals surface area (Å²) in [4.78, 5) is 23.0. The molecule has 1 aromatic carbocycles. The average Bonchev–Trinajstić information content (AvgIpc) is 3.20. The quantitative estimate of drug-likeness (QED) is 0.768. The Morgan fingerprint density at radius 2 is 2.07 bits per heavy atom. The molecule has 27 heavy (non-hydrogen) atoms. The van der Waals surface area contributed by atoms with Crippen LogP contribution in [-0.4, -0.2) is 38.6 Å². The molecule has 0 radical (unpaired) electrons. The molecule has 0 aliphatic carbocycles. The fraction of sp³-hybridized carbons (Fsp3) is 0.316. The molecular formula is C19H19F2N5O. The Bertz CT molecular complexity index is 983. The van der Waals surface area contributed by atoms with Gasteiger partial charge in [0.15, 0.2) is 5.65 Å². The van der Waals surface area contributed by atoms with Crippen molar-refractivity contribution in [2.24, 2.45) is 13.0 Å². The van der Waals surface area contributed by atoms with E-state index in [1.807, 2.05) is 23.7 Å². The van der Waals surface area contributed by atoms with Crippen molar-refractivity contribution < 1.29 is 13.6 Å². The van der Waals surface area contributed by atoms with Gasteiger partial charge in [-0.15, -0.1) is 0 Å². The minimum Gasteiger partial charge on any atom is -0.324 e. The second-order valence-electron chi connectivity index (χ2n) is 6.83. The highest BCUT2D eigenvalue weighted by Crippen LogP contribution is 2.23. The molecule has 3 aromatic rings. The number of hydrogen-bond acceptors (Lipinski definition) is 3. The fourth-order valence-electron chi connectivity index (χ4n) is 3.52. The number of carbonyl (C=O) groups is 1. The Labute approximate surface area is 154 Å². The number of likely N-dealkylation sites (tertiary alicyclic amines) is 1. The summed E-state index contributed by atoms with van der Waals surface area (Å²) in [6, 6.07) is 6.40. The van der Waals surface area contributed by atoms with Gasteiger partial charge in [-0.25, -0.2) is 23.5 Å². The Kier molecular flexibility index (Phi) is 4.47. The van der Waals surface area contributed by atoms with Gasteiger partial charge in [0.25, 0.3) is 0 Å². The van der Waals surface area contributed by atoms with Crippen LogP contribution in [0.2, 0.25) is 0 Å². The summed E-state index contributed by atoms with van der Waals surface area (Å²) < 4.78 is 28.5. The van der Waals surface area contributed by atoms with E-state index in [9.17, 15) is 13.6 Å². The van der Waals surface area contributed by atoms with E-state index < -0.39 is 11.6 Å². The summed E-state index contributed by atoms with van der Waals surface area (Å²) >= 11 is 0. The summed E-state index contributed by atoms with van der Waals surface area (Å²) in [7, 11) is 1.94. The topological polar surface area (TPSA) is 63.1 Å². The average molecular weight is 371 g/mol. The largest absolute Gasteiger partial charge is 0.324 e. The van der Waals surface area contributed by atoms with Crippen LogP contribution >= 0.6 is 0 Å². The van der Waals surface area contributed by atoms with E-state index in [4.69, 9.17) is 0 Å². The zero-order chi connectivity index (χ0) is 19.0. The summed E-state index contributed by atoms with van der Waals surface area (Å²) in [6.45, 7) is 1.16. The van der Waals surface area contributed by atoms with Crippen LogP contribution in [0, 0.1) is 17.6 Å². The molecule has 0 spiro atoms. The number of carbonyl (C=O) groups excluding carboxylic acids is 1. The predicted octanol–water partition coefficient (Wildman–Crippen LogP) is 3.34. The van der Waals surface area contributed by atoms with Gasteiger partial charge in [-0.2, -0.15) is 0 Å². The third kappa shape index (κ3) is 3.60. The lowest BCUT2D eigenvalue weighted by atomic mass is 10.0. The van der Waals surface area contributed by atoms with Crippen molar-refractivity contribution in [2.45, 2.75) is 12.8 Å². The number of benzene rings is 1. The molecule has 2 amide bonds. The van der Waals surface area contributed by atoms with Crippen molar-refractivity contribution in [3.63, 3.8) is 0 Å². The minimum absolute atomic E-state index is 0.113. The van der Waals surface area contributed by atoms with Crippen LogP contribution in [0.5, 0.6) is 0 Å². The van der Waals surface area contributed by atoms with Gasteiger partial charge < -0.3 is 14.8 Å². The molecule has 1 N–H and O–H groups in total. The van der Waals surface area contributed by atoms with Crippen molar-refractivity contribution in [1.29, 1.82) is 0 Å². The number of nitrogens with zero attached hydrogens (tertiary/aromatic N) is 4. The van der Waals surface area contributed by atoms with Gasteiger partial charge >= 0.3 is 6.03 Å². The second kappa shape index (κ2) is 6.94. The highest BCUT2D eigenvalue weighted by atomic mass is 19.1. The molecule has 1 saturated heterocycles. The first-order valence-electron chi connectivity index (χ1n) is 8.78. The summed E-state index contributed by atoms with van der Waals surface area (Å²) in [5, 5.41) is 2.56. The molecule has 0 saturated carbocycles. The molecule has 3 heterocycles. The third-order valence-corrected chi connectivity index (χ3v) is 4.88. The zero-order valence-electron chi connectivity index (χ0n) is 14.8. The van der Waals surface area contributed by atoms with E-state index in [0.29, 0.717) is 13.1 Å². The van der Waals surface area contributed by atoms with Gasteiger partial charge in [-0.05, 0) is 36.6 Å². The number of aryl methyl sites for hydroxylation is 1. The Hall–Kier alpha value is -3.03.